The summed E-state index contributed by atoms with van der Waals surface area (Å²) in [5.41, 5.74) is 4.52. The normalized spacial score (nSPS) is 41.3. The highest BCUT2D eigenvalue weighted by atomic mass is 17.3. The van der Waals surface area contributed by atoms with Crippen LogP contribution < -0.4 is 10.6 Å². The van der Waals surface area contributed by atoms with E-state index in [2.05, 4.69) is 23.6 Å². The number of carbonyl (C=O) groups is 1. The van der Waals surface area contributed by atoms with Gasteiger partial charge >= 0.3 is 0 Å². The van der Waals surface area contributed by atoms with Gasteiger partial charge in [-0.05, 0) is 50.0 Å². The molecular weight excluding hydrogens is 448 g/mol. The van der Waals surface area contributed by atoms with Crippen LogP contribution in [0.2, 0.25) is 0 Å². The zero-order chi connectivity index (χ0) is 24.3. The van der Waals surface area contributed by atoms with Crippen molar-refractivity contribution in [3.8, 4) is 0 Å². The summed E-state index contributed by atoms with van der Waals surface area (Å²) in [6, 6.07) is 0. The molecule has 1 saturated carbocycles. The Hall–Kier alpha value is -1.83. The molecule has 190 valence electrons. The molecule has 1 aliphatic carbocycles. The van der Waals surface area contributed by atoms with E-state index >= 15 is 0 Å². The topological polar surface area (TPSA) is 145 Å². The number of primary amides is 1. The minimum atomic E-state index is -0.882. The Labute approximate surface area is 198 Å². The zero-order valence-electron chi connectivity index (χ0n) is 20.1. The van der Waals surface area contributed by atoms with Crippen molar-refractivity contribution in [1.82, 2.24) is 10.1 Å². The Morgan fingerprint density at radius 2 is 2.09 bits per heavy atom. The van der Waals surface area contributed by atoms with Gasteiger partial charge in [0.1, 0.15) is 0 Å². The lowest BCUT2D eigenvalue weighted by molar-refractivity contribution is -0.803. The van der Waals surface area contributed by atoms with Crippen LogP contribution in [0.3, 0.4) is 0 Å². The van der Waals surface area contributed by atoms with Crippen molar-refractivity contribution in [2.24, 2.45) is 29.4 Å². The number of fused-ring (bicyclic) bond motifs is 2. The molecule has 1 aromatic heterocycles. The van der Waals surface area contributed by atoms with Crippen molar-refractivity contribution >= 4 is 5.91 Å². The third-order valence-corrected chi connectivity index (χ3v) is 8.19. The predicted molar refractivity (Wildman–Crippen MR) is 113 cm³/mol. The molecule has 0 unspecified atom stereocenters. The molecule has 12 nitrogen and oxygen atoms in total. The molecule has 1 aromatic rings. The summed E-state index contributed by atoms with van der Waals surface area (Å²) in [7, 11) is 1.82. The van der Waals surface area contributed by atoms with E-state index in [1.807, 2.05) is 18.9 Å². The van der Waals surface area contributed by atoms with E-state index in [9.17, 15) is 10.0 Å². The number of nitrogens with two attached hydrogens (primary N) is 1. The molecule has 8 atom stereocenters. The fraction of sp³-hybridized carbons (Fsp3) is 0.864. The number of hydrogen-bond acceptors (Lipinski definition) is 10. The van der Waals surface area contributed by atoms with Crippen LogP contribution in [0.1, 0.15) is 62.6 Å². The summed E-state index contributed by atoms with van der Waals surface area (Å²) < 4.78 is 23.5. The van der Waals surface area contributed by atoms with Crippen LogP contribution in [-0.2, 0) is 30.5 Å². The smallest absolute Gasteiger partial charge is 0.297 e. The Balaban J connectivity index is 1.24. The van der Waals surface area contributed by atoms with Gasteiger partial charge in [0, 0.05) is 30.0 Å². The summed E-state index contributed by atoms with van der Waals surface area (Å²) in [5.74, 6) is -0.617. The number of amides is 1. The van der Waals surface area contributed by atoms with Gasteiger partial charge in [0.05, 0.1) is 13.2 Å². The molecule has 2 bridgehead atoms. The van der Waals surface area contributed by atoms with Gasteiger partial charge in [-0.15, -0.1) is 0 Å². The molecule has 2 N–H and O–H groups in total. The maximum atomic E-state index is 11.5. The number of carbonyl (C=O) groups excluding carboxylic acids is 1. The third kappa shape index (κ3) is 3.80. The highest BCUT2D eigenvalue weighted by molar-refractivity contribution is 5.90. The summed E-state index contributed by atoms with van der Waals surface area (Å²) in [5, 5.41) is 15.2. The third-order valence-electron chi connectivity index (χ3n) is 8.19. The van der Waals surface area contributed by atoms with Gasteiger partial charge in [0.2, 0.25) is 11.5 Å². The van der Waals surface area contributed by atoms with Crippen molar-refractivity contribution in [1.29, 1.82) is 0 Å². The van der Waals surface area contributed by atoms with Crippen molar-refractivity contribution < 1.29 is 38.3 Å². The molecule has 34 heavy (non-hydrogen) atoms. The number of likely N-dealkylation sites (N-methyl/N-ethyl adjacent to an activating group) is 1. The van der Waals surface area contributed by atoms with E-state index in [1.165, 1.54) is 0 Å². The van der Waals surface area contributed by atoms with Gasteiger partial charge in [0.15, 0.2) is 18.2 Å². The molecule has 5 aliphatic rings. The minimum absolute atomic E-state index is 0.0282. The van der Waals surface area contributed by atoms with E-state index in [-0.39, 0.29) is 34.7 Å². The summed E-state index contributed by atoms with van der Waals surface area (Å²) >= 11 is 0. The SMILES string of the molecule is C[C@H]1[C@@H](OCCN(C)Cc2no[n+]([O-])c2C(N)=O)O[C@@H]2O[C@@]3(C)CC[C@H]4[C@H](C)CC[C@@H]1[C@@]24OO3. The van der Waals surface area contributed by atoms with Crippen LogP contribution >= 0.6 is 0 Å². The second-order valence-corrected chi connectivity index (χ2v) is 10.5. The van der Waals surface area contributed by atoms with Crippen molar-refractivity contribution in [3.05, 3.63) is 16.6 Å². The molecule has 0 aromatic carbocycles. The number of hydrogen-bond donors (Lipinski definition) is 1. The van der Waals surface area contributed by atoms with Crippen molar-refractivity contribution in [2.75, 3.05) is 20.2 Å². The quantitative estimate of drug-likeness (QED) is 0.442. The lowest BCUT2D eigenvalue weighted by Crippen LogP contribution is -2.70. The van der Waals surface area contributed by atoms with Gasteiger partial charge in [-0.1, -0.05) is 13.8 Å². The Morgan fingerprint density at radius 1 is 1.29 bits per heavy atom. The Bertz CT molecular complexity index is 929. The van der Waals surface area contributed by atoms with E-state index in [0.717, 1.165) is 25.7 Å². The largest absolute Gasteiger partial charge is 0.362 e. The Kier molecular flexibility index (Phi) is 6.10. The van der Waals surface area contributed by atoms with Gasteiger partial charge in [-0.25, -0.2) is 9.78 Å². The molecule has 4 saturated heterocycles. The average molecular weight is 483 g/mol. The fourth-order valence-corrected chi connectivity index (χ4v) is 6.33. The number of nitrogens with zero attached hydrogens (tertiary/aromatic N) is 3. The molecule has 6 rings (SSSR count). The highest BCUT2D eigenvalue weighted by Crippen LogP contribution is 2.60. The first-order valence-electron chi connectivity index (χ1n) is 12.0. The molecule has 0 radical (unpaired) electrons. The number of aromatic nitrogens is 2. The minimum Gasteiger partial charge on any atom is -0.362 e. The summed E-state index contributed by atoms with van der Waals surface area (Å²) in [6.45, 7) is 7.41. The van der Waals surface area contributed by atoms with Gasteiger partial charge in [0.25, 0.3) is 11.6 Å². The predicted octanol–water partition coefficient (Wildman–Crippen LogP) is 1.06. The van der Waals surface area contributed by atoms with E-state index < -0.39 is 29.9 Å². The first kappa shape index (κ1) is 23.9. The second kappa shape index (κ2) is 8.68. The number of rotatable bonds is 7. The second-order valence-electron chi connectivity index (χ2n) is 10.5. The molecule has 12 heteroatoms. The maximum Gasteiger partial charge on any atom is 0.297 e. The zero-order valence-corrected chi connectivity index (χ0v) is 20.1. The Morgan fingerprint density at radius 3 is 2.85 bits per heavy atom. The highest BCUT2D eigenvalue weighted by Gasteiger charge is 2.69. The van der Waals surface area contributed by atoms with Crippen LogP contribution in [-0.4, -0.2) is 60.1 Å². The van der Waals surface area contributed by atoms with Crippen LogP contribution in [0, 0.1) is 28.9 Å². The van der Waals surface area contributed by atoms with Gasteiger partial charge in [-0.3, -0.25) is 14.3 Å². The molecule has 5 fully saturated rings. The number of ether oxygens (including phenoxy) is 3. The fourth-order valence-electron chi connectivity index (χ4n) is 6.33. The van der Waals surface area contributed by atoms with Crippen LogP contribution in [0.15, 0.2) is 4.63 Å². The first-order chi connectivity index (χ1) is 16.1. The molecule has 1 amide bonds. The first-order valence-corrected chi connectivity index (χ1v) is 12.0. The van der Waals surface area contributed by atoms with Crippen molar-refractivity contribution in [2.45, 2.75) is 77.0 Å². The van der Waals surface area contributed by atoms with Gasteiger partial charge < -0.3 is 25.2 Å². The van der Waals surface area contributed by atoms with Crippen LogP contribution in [0.25, 0.3) is 0 Å². The molecule has 1 spiro atoms. The van der Waals surface area contributed by atoms with Crippen LogP contribution in [0.5, 0.6) is 0 Å². The summed E-state index contributed by atoms with van der Waals surface area (Å²) in [6.07, 6.45) is 2.87. The maximum absolute atomic E-state index is 11.5. The lowest BCUT2D eigenvalue weighted by atomic mass is 9.58. The molecule has 5 heterocycles. The van der Waals surface area contributed by atoms with E-state index in [1.54, 1.807) is 0 Å². The standard InChI is InChI=1S/C22H34N4O8/c1-12-5-6-15-13(2)19(30-20-22(15)14(12)7-8-21(3,31-20)32-33-22)29-10-9-25(4)11-16-17(18(23)27)26(28)34-24-16/h12-15,19-20H,5-11H2,1-4H3,(H2,23,27)/t12-,13-,14+,15+,19+,20-,21-,22-/m1/s1. The van der Waals surface area contributed by atoms with Gasteiger partial charge in [-0.2, -0.15) is 0 Å². The molecular formula is C22H34N4O8. The molecule has 4 aliphatic heterocycles. The monoisotopic (exact) mass is 482 g/mol. The van der Waals surface area contributed by atoms with E-state index in [4.69, 9.17) is 29.7 Å². The average Bonchev–Trinajstić information content (AvgIpc) is 2.98. The van der Waals surface area contributed by atoms with E-state index in [0.29, 0.717) is 25.0 Å². The lowest BCUT2D eigenvalue weighted by Gasteiger charge is -2.60. The van der Waals surface area contributed by atoms with Crippen molar-refractivity contribution in [3.63, 3.8) is 0 Å². The summed E-state index contributed by atoms with van der Waals surface area (Å²) in [4.78, 5) is 25.4. The van der Waals surface area contributed by atoms with Crippen LogP contribution in [0.4, 0.5) is 0 Å².